The standard InChI is InChI=1S/C23H28N4O3S.ClH/c1-25-11-10-18-6-7-20(14-19(18)15-25)30-16-17-8-12-26(13-9-17)23(31)24-21-4-2-3-5-22(21)27(28)29;/h2-7,14,17H,8-13,15-16H2,1H3,(H,24,31);1H. The van der Waals surface area contributed by atoms with Crippen LogP contribution in [0.15, 0.2) is 42.5 Å². The zero-order chi connectivity index (χ0) is 21.8. The first kappa shape index (κ1) is 24.2. The molecule has 2 aliphatic rings. The highest BCUT2D eigenvalue weighted by molar-refractivity contribution is 7.80. The van der Waals surface area contributed by atoms with Gasteiger partial charge in [-0.15, -0.1) is 12.4 Å². The van der Waals surface area contributed by atoms with E-state index in [1.807, 2.05) is 0 Å². The largest absolute Gasteiger partial charge is 0.493 e. The molecule has 0 radical (unpaired) electrons. The molecule has 0 spiro atoms. The average Bonchev–Trinajstić information content (AvgIpc) is 2.78. The van der Waals surface area contributed by atoms with Gasteiger partial charge in [0.25, 0.3) is 5.69 Å². The van der Waals surface area contributed by atoms with Crippen molar-refractivity contribution < 1.29 is 9.66 Å². The number of thiocarbonyl (C=S) groups is 1. The molecule has 7 nitrogen and oxygen atoms in total. The second-order valence-electron chi connectivity index (χ2n) is 8.36. The third-order valence-corrected chi connectivity index (χ3v) is 6.47. The van der Waals surface area contributed by atoms with E-state index in [1.165, 1.54) is 17.2 Å². The maximum absolute atomic E-state index is 11.2. The normalized spacial score (nSPS) is 16.6. The van der Waals surface area contributed by atoms with Crippen molar-refractivity contribution in [1.29, 1.82) is 0 Å². The Kier molecular flexibility index (Phi) is 8.28. The van der Waals surface area contributed by atoms with Crippen molar-refractivity contribution >= 4 is 41.1 Å². The molecule has 0 bridgehead atoms. The fourth-order valence-corrected chi connectivity index (χ4v) is 4.51. The lowest BCUT2D eigenvalue weighted by Crippen LogP contribution is -2.41. The fraction of sp³-hybridized carbons (Fsp3) is 0.435. The van der Waals surface area contributed by atoms with Gasteiger partial charge in [-0.1, -0.05) is 18.2 Å². The number of rotatable bonds is 5. The average molecular weight is 477 g/mol. The van der Waals surface area contributed by atoms with Crippen LogP contribution in [0.5, 0.6) is 5.75 Å². The zero-order valence-corrected chi connectivity index (χ0v) is 19.8. The Hall–Kier alpha value is -2.42. The molecular weight excluding hydrogens is 448 g/mol. The van der Waals surface area contributed by atoms with Gasteiger partial charge < -0.3 is 19.9 Å². The summed E-state index contributed by atoms with van der Waals surface area (Å²) in [6.45, 7) is 4.42. The van der Waals surface area contributed by atoms with E-state index < -0.39 is 4.92 Å². The number of nitro benzene ring substituents is 1. The van der Waals surface area contributed by atoms with Crippen LogP contribution in [0.25, 0.3) is 0 Å². The lowest BCUT2D eigenvalue weighted by atomic mass is 9.98. The summed E-state index contributed by atoms with van der Waals surface area (Å²) >= 11 is 5.51. The van der Waals surface area contributed by atoms with E-state index in [1.54, 1.807) is 18.2 Å². The number of ether oxygens (including phenoxy) is 1. The minimum absolute atomic E-state index is 0. The van der Waals surface area contributed by atoms with Crippen LogP contribution in [0.1, 0.15) is 24.0 Å². The number of benzene rings is 2. The van der Waals surface area contributed by atoms with Gasteiger partial charge in [-0.25, -0.2) is 0 Å². The number of piperidine rings is 1. The predicted molar refractivity (Wildman–Crippen MR) is 133 cm³/mol. The third-order valence-electron chi connectivity index (χ3n) is 6.11. The van der Waals surface area contributed by atoms with E-state index >= 15 is 0 Å². The molecule has 0 aliphatic carbocycles. The van der Waals surface area contributed by atoms with Gasteiger partial charge in [0.05, 0.1) is 11.5 Å². The molecule has 2 aromatic carbocycles. The minimum atomic E-state index is -0.396. The number of hydrogen-bond acceptors (Lipinski definition) is 5. The Balaban J connectivity index is 0.00000289. The van der Waals surface area contributed by atoms with E-state index in [2.05, 4.69) is 40.4 Å². The summed E-state index contributed by atoms with van der Waals surface area (Å²) in [5.74, 6) is 1.42. The molecule has 32 heavy (non-hydrogen) atoms. The summed E-state index contributed by atoms with van der Waals surface area (Å²) < 4.78 is 6.12. The second-order valence-corrected chi connectivity index (χ2v) is 8.75. The lowest BCUT2D eigenvalue weighted by Gasteiger charge is -2.33. The molecule has 0 saturated carbocycles. The number of halogens is 1. The number of nitrogens with one attached hydrogen (secondary N) is 1. The van der Waals surface area contributed by atoms with E-state index in [9.17, 15) is 10.1 Å². The number of para-hydroxylation sites is 2. The van der Waals surface area contributed by atoms with Gasteiger partial charge in [-0.05, 0) is 73.8 Å². The van der Waals surface area contributed by atoms with Crippen molar-refractivity contribution in [2.24, 2.45) is 5.92 Å². The van der Waals surface area contributed by atoms with Crippen LogP contribution in [0.4, 0.5) is 11.4 Å². The van der Waals surface area contributed by atoms with Crippen molar-refractivity contribution in [1.82, 2.24) is 9.80 Å². The van der Waals surface area contributed by atoms with Crippen molar-refractivity contribution in [2.75, 3.05) is 38.6 Å². The molecule has 4 rings (SSSR count). The summed E-state index contributed by atoms with van der Waals surface area (Å²) in [5, 5.41) is 14.8. The number of fused-ring (bicyclic) bond motifs is 1. The first-order valence-corrected chi connectivity index (χ1v) is 11.1. The number of likely N-dealkylation sites (N-methyl/N-ethyl adjacent to an activating group) is 1. The van der Waals surface area contributed by atoms with Crippen LogP contribution in [0, 0.1) is 16.0 Å². The maximum Gasteiger partial charge on any atom is 0.292 e. The number of anilines is 1. The zero-order valence-electron chi connectivity index (χ0n) is 18.2. The topological polar surface area (TPSA) is 70.9 Å². The third kappa shape index (κ3) is 5.88. The van der Waals surface area contributed by atoms with Gasteiger partial charge in [0.15, 0.2) is 5.11 Å². The molecule has 1 fully saturated rings. The van der Waals surface area contributed by atoms with Crippen LogP contribution in [-0.2, 0) is 13.0 Å². The van der Waals surface area contributed by atoms with Crippen molar-refractivity contribution in [3.05, 3.63) is 63.7 Å². The van der Waals surface area contributed by atoms with E-state index in [4.69, 9.17) is 17.0 Å². The Morgan fingerprint density at radius 1 is 1.19 bits per heavy atom. The molecule has 172 valence electrons. The van der Waals surface area contributed by atoms with Gasteiger partial charge in [-0.2, -0.15) is 0 Å². The second kappa shape index (κ2) is 10.9. The number of likely N-dealkylation sites (tertiary alicyclic amines) is 1. The van der Waals surface area contributed by atoms with Crippen LogP contribution in [0.2, 0.25) is 0 Å². The predicted octanol–water partition coefficient (Wildman–Crippen LogP) is 4.49. The maximum atomic E-state index is 11.2. The van der Waals surface area contributed by atoms with Gasteiger partial charge in [0.1, 0.15) is 11.4 Å². The molecule has 0 atom stereocenters. The molecule has 0 aromatic heterocycles. The van der Waals surface area contributed by atoms with Crippen molar-refractivity contribution in [3.63, 3.8) is 0 Å². The van der Waals surface area contributed by atoms with Gasteiger partial charge in [0.2, 0.25) is 0 Å². The van der Waals surface area contributed by atoms with Gasteiger partial charge >= 0.3 is 0 Å². The van der Waals surface area contributed by atoms with Crippen molar-refractivity contribution in [3.8, 4) is 5.75 Å². The van der Waals surface area contributed by atoms with Crippen LogP contribution in [0.3, 0.4) is 0 Å². The monoisotopic (exact) mass is 476 g/mol. The quantitative estimate of drug-likeness (QED) is 0.387. The summed E-state index contributed by atoms with van der Waals surface area (Å²) in [4.78, 5) is 15.2. The van der Waals surface area contributed by atoms with Crippen molar-refractivity contribution in [2.45, 2.75) is 25.8 Å². The molecule has 9 heteroatoms. The van der Waals surface area contributed by atoms with Gasteiger partial charge in [0, 0.05) is 32.2 Å². The smallest absolute Gasteiger partial charge is 0.292 e. The van der Waals surface area contributed by atoms with Crippen LogP contribution < -0.4 is 10.1 Å². The summed E-state index contributed by atoms with van der Waals surface area (Å²) in [6.07, 6.45) is 3.06. The van der Waals surface area contributed by atoms with E-state index in [0.29, 0.717) is 23.3 Å². The highest BCUT2D eigenvalue weighted by Crippen LogP contribution is 2.26. The van der Waals surface area contributed by atoms with E-state index in [-0.39, 0.29) is 18.1 Å². The molecule has 1 N–H and O–H groups in total. The molecular formula is C23H29ClN4O3S. The summed E-state index contributed by atoms with van der Waals surface area (Å²) in [6, 6.07) is 13.1. The highest BCUT2D eigenvalue weighted by Gasteiger charge is 2.23. The van der Waals surface area contributed by atoms with Gasteiger partial charge in [-0.3, -0.25) is 10.1 Å². The molecule has 1 saturated heterocycles. The minimum Gasteiger partial charge on any atom is -0.493 e. The molecule has 0 unspecified atom stereocenters. The van der Waals surface area contributed by atoms with Crippen LogP contribution >= 0.6 is 24.6 Å². The summed E-state index contributed by atoms with van der Waals surface area (Å²) in [7, 11) is 2.15. The Bertz CT molecular complexity index is 966. The molecule has 2 aromatic rings. The van der Waals surface area contributed by atoms with Crippen LogP contribution in [-0.4, -0.2) is 53.1 Å². The summed E-state index contributed by atoms with van der Waals surface area (Å²) in [5.41, 5.74) is 3.26. The highest BCUT2D eigenvalue weighted by atomic mass is 35.5. The molecule has 2 heterocycles. The lowest BCUT2D eigenvalue weighted by molar-refractivity contribution is -0.383. The first-order valence-electron chi connectivity index (χ1n) is 10.7. The first-order chi connectivity index (χ1) is 15.0. The number of hydrogen-bond donors (Lipinski definition) is 1. The Morgan fingerprint density at radius 3 is 2.69 bits per heavy atom. The SMILES string of the molecule is CN1CCc2ccc(OCC3CCN(C(=S)Nc4ccccc4[N+](=O)[O-])CC3)cc2C1.Cl. The molecule has 2 aliphatic heterocycles. The fourth-order valence-electron chi connectivity index (χ4n) is 4.21. The van der Waals surface area contributed by atoms with E-state index in [0.717, 1.165) is 51.2 Å². The number of nitro groups is 1. The Labute approximate surface area is 200 Å². The Morgan fingerprint density at radius 2 is 1.94 bits per heavy atom. The number of nitrogens with zero attached hydrogens (tertiary/aromatic N) is 3. The molecule has 0 amide bonds.